The van der Waals surface area contributed by atoms with Crippen LogP contribution in [-0.2, 0) is 6.54 Å². The van der Waals surface area contributed by atoms with E-state index in [1.54, 1.807) is 29.3 Å². The van der Waals surface area contributed by atoms with Crippen LogP contribution in [0.15, 0.2) is 41.1 Å². The van der Waals surface area contributed by atoms with Crippen molar-refractivity contribution in [2.75, 3.05) is 0 Å². The van der Waals surface area contributed by atoms with Crippen molar-refractivity contribution in [2.45, 2.75) is 50.7 Å². The largest absolute Gasteiger partial charge is 0.415 e. The summed E-state index contributed by atoms with van der Waals surface area (Å²) in [5, 5.41) is 9.99. The molecule has 9 nitrogen and oxygen atoms in total. The molecule has 3 aromatic heterocycles. The van der Waals surface area contributed by atoms with Crippen molar-refractivity contribution in [3.8, 4) is 11.5 Å². The maximum Gasteiger partial charge on any atom is 0.314 e. The molecule has 1 N–H and O–H groups in total. The monoisotopic (exact) mass is 454 g/mol. The van der Waals surface area contributed by atoms with Crippen LogP contribution in [0.5, 0.6) is 0 Å². The minimum absolute atomic E-state index is 0.120. The van der Waals surface area contributed by atoms with E-state index < -0.39 is 12.3 Å². The third-order valence-electron chi connectivity index (χ3n) is 6.00. The first-order valence-corrected chi connectivity index (χ1v) is 10.6. The molecule has 0 spiro atoms. The molecule has 2 aliphatic rings. The molecular weight excluding hydrogens is 434 g/mol. The van der Waals surface area contributed by atoms with E-state index in [0.717, 1.165) is 25.7 Å². The number of nitrogens with one attached hydrogen (secondary N) is 1. The lowest BCUT2D eigenvalue weighted by molar-refractivity contribution is 0.0580. The van der Waals surface area contributed by atoms with Crippen LogP contribution in [0.4, 0.5) is 8.78 Å². The Bertz CT molecular complexity index is 1190. The van der Waals surface area contributed by atoms with Gasteiger partial charge in [0, 0.05) is 18.4 Å². The quantitative estimate of drug-likeness (QED) is 0.630. The number of carbonyl (C=O) groups is 2. The molecule has 4 heterocycles. The lowest BCUT2D eigenvalue weighted by Crippen LogP contribution is -2.53. The van der Waals surface area contributed by atoms with E-state index in [1.165, 1.54) is 12.3 Å². The van der Waals surface area contributed by atoms with Gasteiger partial charge in [-0.2, -0.15) is 8.78 Å². The van der Waals surface area contributed by atoms with Crippen LogP contribution in [0.1, 0.15) is 64.5 Å². The molecule has 0 unspecified atom stereocenters. The van der Waals surface area contributed by atoms with Crippen LogP contribution in [0, 0.1) is 0 Å². The van der Waals surface area contributed by atoms with Gasteiger partial charge in [-0.05, 0) is 31.0 Å². The summed E-state index contributed by atoms with van der Waals surface area (Å²) in [6.07, 6.45) is 3.50. The maximum atomic E-state index is 13.3. The summed E-state index contributed by atoms with van der Waals surface area (Å²) >= 11 is 0. The minimum Gasteiger partial charge on any atom is -0.415 e. The average Bonchev–Trinajstić information content (AvgIpc) is 3.45. The highest BCUT2D eigenvalue weighted by molar-refractivity contribution is 5.99. The van der Waals surface area contributed by atoms with Crippen LogP contribution in [0.25, 0.3) is 11.5 Å². The van der Waals surface area contributed by atoms with E-state index in [1.807, 2.05) is 0 Å². The second-order valence-corrected chi connectivity index (χ2v) is 8.04. The first kappa shape index (κ1) is 21.1. The van der Waals surface area contributed by atoms with Crippen LogP contribution >= 0.6 is 0 Å². The predicted molar refractivity (Wildman–Crippen MR) is 110 cm³/mol. The van der Waals surface area contributed by atoms with Gasteiger partial charge in [-0.1, -0.05) is 18.9 Å². The van der Waals surface area contributed by atoms with Gasteiger partial charge in [0.1, 0.15) is 5.69 Å². The van der Waals surface area contributed by atoms with Crippen LogP contribution < -0.4 is 5.32 Å². The topological polar surface area (TPSA) is 114 Å². The van der Waals surface area contributed by atoms with Crippen molar-refractivity contribution in [3.05, 3.63) is 59.5 Å². The number of pyridine rings is 2. The Morgan fingerprint density at radius 2 is 2.03 bits per heavy atom. The zero-order chi connectivity index (χ0) is 22.9. The first-order chi connectivity index (χ1) is 16.0. The number of hydrogen-bond donors (Lipinski definition) is 1. The Morgan fingerprint density at radius 1 is 1.18 bits per heavy atom. The lowest BCUT2D eigenvalue weighted by atomic mass is 9.89. The lowest BCUT2D eigenvalue weighted by Gasteiger charge is -2.38. The first-order valence-electron chi connectivity index (χ1n) is 10.6. The molecule has 170 valence electrons. The van der Waals surface area contributed by atoms with Gasteiger partial charge in [0.25, 0.3) is 17.7 Å². The second kappa shape index (κ2) is 8.64. The molecular formula is C22H20F2N6O3. The predicted octanol–water partition coefficient (Wildman–Crippen LogP) is 3.16. The SMILES string of the molecule is O=C(N[C@@H]1CCCC[C@H]1N1Cc2ncc(-c3nnc(C(F)F)o3)cc2C1=O)c1ccccn1. The fraction of sp³-hybridized carbons (Fsp3) is 0.364. The number of hydrogen-bond acceptors (Lipinski definition) is 7. The van der Waals surface area contributed by atoms with E-state index in [0.29, 0.717) is 29.1 Å². The normalized spacial score (nSPS) is 20.2. The molecule has 1 aliphatic heterocycles. The molecule has 0 saturated heterocycles. The van der Waals surface area contributed by atoms with Crippen molar-refractivity contribution in [1.29, 1.82) is 0 Å². The molecule has 1 fully saturated rings. The summed E-state index contributed by atoms with van der Waals surface area (Å²) in [5.74, 6) is -1.41. The van der Waals surface area contributed by atoms with Crippen molar-refractivity contribution in [1.82, 2.24) is 30.4 Å². The highest BCUT2D eigenvalue weighted by Gasteiger charge is 2.39. The second-order valence-electron chi connectivity index (χ2n) is 8.04. The smallest absolute Gasteiger partial charge is 0.314 e. The molecule has 5 rings (SSSR count). The molecule has 0 aromatic carbocycles. The van der Waals surface area contributed by atoms with Gasteiger partial charge < -0.3 is 14.6 Å². The number of carbonyl (C=O) groups excluding carboxylic acids is 2. The number of amides is 2. The Morgan fingerprint density at radius 3 is 2.79 bits per heavy atom. The molecule has 0 bridgehead atoms. The highest BCUT2D eigenvalue weighted by Crippen LogP contribution is 2.32. The van der Waals surface area contributed by atoms with Crippen LogP contribution in [-0.4, -0.2) is 49.0 Å². The average molecular weight is 454 g/mol. The van der Waals surface area contributed by atoms with Gasteiger partial charge in [0.15, 0.2) is 0 Å². The van der Waals surface area contributed by atoms with E-state index >= 15 is 0 Å². The number of halogens is 2. The summed E-state index contributed by atoms with van der Waals surface area (Å²) in [6.45, 7) is 0.307. The fourth-order valence-electron chi connectivity index (χ4n) is 4.41. The number of nitrogens with zero attached hydrogens (tertiary/aromatic N) is 5. The van der Waals surface area contributed by atoms with Crippen LogP contribution in [0.3, 0.4) is 0 Å². The van der Waals surface area contributed by atoms with Crippen molar-refractivity contribution in [2.24, 2.45) is 0 Å². The Labute approximate surface area is 187 Å². The van der Waals surface area contributed by atoms with Crippen molar-refractivity contribution < 1.29 is 22.8 Å². The number of aromatic nitrogens is 4. The summed E-state index contributed by atoms with van der Waals surface area (Å²) < 4.78 is 30.5. The highest BCUT2D eigenvalue weighted by atomic mass is 19.3. The molecule has 1 aliphatic carbocycles. The third-order valence-corrected chi connectivity index (χ3v) is 6.00. The number of alkyl halides is 2. The van der Waals surface area contributed by atoms with E-state index in [-0.39, 0.29) is 29.8 Å². The minimum atomic E-state index is -2.88. The molecule has 2 atom stereocenters. The molecule has 0 radical (unpaired) electrons. The standard InChI is InChI=1S/C22H20F2N6O3/c23-18(24)21-29-28-20(33-21)12-9-13-16(26-10-12)11-30(22(13)32)17-7-2-1-5-14(17)27-19(31)15-6-3-4-8-25-15/h3-4,6,8-10,14,17-18H,1-2,5,7,11H2,(H,27,31)/t14-,17-/m1/s1. The molecule has 3 aromatic rings. The molecule has 2 amide bonds. The summed E-state index contributed by atoms with van der Waals surface area (Å²) in [4.78, 5) is 36.1. The van der Waals surface area contributed by atoms with Gasteiger partial charge >= 0.3 is 6.43 Å². The van der Waals surface area contributed by atoms with Crippen LogP contribution in [0.2, 0.25) is 0 Å². The number of fused-ring (bicyclic) bond motifs is 1. The van der Waals surface area contributed by atoms with Gasteiger partial charge in [0.05, 0.1) is 29.4 Å². The zero-order valence-electron chi connectivity index (χ0n) is 17.4. The molecule has 33 heavy (non-hydrogen) atoms. The van der Waals surface area contributed by atoms with Gasteiger partial charge in [0.2, 0.25) is 5.89 Å². The summed E-state index contributed by atoms with van der Waals surface area (Å²) in [6, 6.07) is 6.27. The zero-order valence-corrected chi connectivity index (χ0v) is 17.4. The van der Waals surface area contributed by atoms with Gasteiger partial charge in [-0.15, -0.1) is 10.2 Å². The Kier molecular flexibility index (Phi) is 5.53. The van der Waals surface area contributed by atoms with Crippen molar-refractivity contribution >= 4 is 11.8 Å². The van der Waals surface area contributed by atoms with Gasteiger partial charge in [-0.25, -0.2) is 0 Å². The molecule has 11 heteroatoms. The molecule has 1 saturated carbocycles. The fourth-order valence-corrected chi connectivity index (χ4v) is 4.41. The van der Waals surface area contributed by atoms with E-state index in [4.69, 9.17) is 4.42 Å². The Balaban J connectivity index is 1.35. The maximum absolute atomic E-state index is 13.3. The van der Waals surface area contributed by atoms with Gasteiger partial charge in [-0.3, -0.25) is 19.6 Å². The Hall–Kier alpha value is -3.76. The summed E-state index contributed by atoms with van der Waals surface area (Å²) in [5.41, 5.74) is 1.57. The summed E-state index contributed by atoms with van der Waals surface area (Å²) in [7, 11) is 0. The van der Waals surface area contributed by atoms with Crippen molar-refractivity contribution in [3.63, 3.8) is 0 Å². The van der Waals surface area contributed by atoms with E-state index in [2.05, 4.69) is 25.5 Å². The van der Waals surface area contributed by atoms with E-state index in [9.17, 15) is 18.4 Å². The third kappa shape index (κ3) is 4.06. The number of rotatable bonds is 5.